The molecule has 8 heteroatoms. The molecular formula is C16H17ClN4O3. The number of para-hydroxylation sites is 1. The quantitative estimate of drug-likeness (QED) is 0.757. The highest BCUT2D eigenvalue weighted by Crippen LogP contribution is 2.49. The van der Waals surface area contributed by atoms with E-state index in [1.807, 2.05) is 24.3 Å². The number of amides is 1. The Morgan fingerprint density at radius 1 is 1.54 bits per heavy atom. The van der Waals surface area contributed by atoms with Crippen molar-refractivity contribution in [3.8, 4) is 5.75 Å². The number of carbonyl (C=O) groups is 1. The summed E-state index contributed by atoms with van der Waals surface area (Å²) < 4.78 is 5.83. The third-order valence-electron chi connectivity index (χ3n) is 5.01. The first-order valence-electron chi connectivity index (χ1n) is 7.67. The van der Waals surface area contributed by atoms with Gasteiger partial charge in [-0.1, -0.05) is 29.8 Å². The Morgan fingerprint density at radius 2 is 2.33 bits per heavy atom. The molecule has 4 N–H and O–H groups in total. The zero-order valence-corrected chi connectivity index (χ0v) is 13.6. The number of nitrogens with zero attached hydrogens (tertiary/aromatic N) is 2. The molecule has 24 heavy (non-hydrogen) atoms. The van der Waals surface area contributed by atoms with Crippen LogP contribution in [0.1, 0.15) is 22.0 Å². The molecule has 3 heterocycles. The van der Waals surface area contributed by atoms with E-state index in [1.165, 1.54) is 0 Å². The standard InChI is InChI=1S/C16H17ClN4O3/c17-12-13(19-20-14(12)18)15(23)21-5-10-9-3-1-2-4-11(9)24-8-16(10,6-21)7-22/h1-4,10,22H,5-8H2,(H3,18,19,20)/t10-,16-/m1/s1. The number of H-pyrrole nitrogens is 1. The fourth-order valence-corrected chi connectivity index (χ4v) is 3.83. The van der Waals surface area contributed by atoms with E-state index in [-0.39, 0.29) is 35.0 Å². The number of rotatable bonds is 2. The van der Waals surface area contributed by atoms with Gasteiger partial charge >= 0.3 is 0 Å². The zero-order chi connectivity index (χ0) is 16.9. The first kappa shape index (κ1) is 15.3. The minimum absolute atomic E-state index is 0.00967. The van der Waals surface area contributed by atoms with E-state index in [0.29, 0.717) is 19.7 Å². The molecule has 0 bridgehead atoms. The van der Waals surface area contributed by atoms with Crippen LogP contribution in [-0.4, -0.2) is 52.4 Å². The van der Waals surface area contributed by atoms with Crippen LogP contribution in [0.2, 0.25) is 5.02 Å². The molecule has 7 nitrogen and oxygen atoms in total. The fraction of sp³-hybridized carbons (Fsp3) is 0.375. The van der Waals surface area contributed by atoms with Crippen LogP contribution in [0.4, 0.5) is 5.82 Å². The van der Waals surface area contributed by atoms with Crippen molar-refractivity contribution in [1.82, 2.24) is 15.1 Å². The summed E-state index contributed by atoms with van der Waals surface area (Å²) in [5.74, 6) is 0.645. The number of nitrogens with one attached hydrogen (secondary N) is 1. The number of fused-ring (bicyclic) bond motifs is 3. The summed E-state index contributed by atoms with van der Waals surface area (Å²) in [4.78, 5) is 14.5. The van der Waals surface area contributed by atoms with Crippen LogP contribution in [0.15, 0.2) is 24.3 Å². The fourth-order valence-electron chi connectivity index (χ4n) is 3.67. The number of aromatic nitrogens is 2. The SMILES string of the molecule is Nc1n[nH]c(C(=O)N2C[C@@H]3c4ccccc4OC[C@]3(CO)C2)c1Cl. The summed E-state index contributed by atoms with van der Waals surface area (Å²) in [6.07, 6.45) is 0. The number of likely N-dealkylation sites (tertiary alicyclic amines) is 1. The van der Waals surface area contributed by atoms with E-state index in [4.69, 9.17) is 22.1 Å². The first-order chi connectivity index (χ1) is 11.6. The van der Waals surface area contributed by atoms with E-state index in [1.54, 1.807) is 4.90 Å². The van der Waals surface area contributed by atoms with Crippen molar-refractivity contribution in [2.75, 3.05) is 32.0 Å². The van der Waals surface area contributed by atoms with Gasteiger partial charge in [0.15, 0.2) is 5.82 Å². The largest absolute Gasteiger partial charge is 0.493 e. The van der Waals surface area contributed by atoms with Crippen LogP contribution in [0.3, 0.4) is 0 Å². The molecule has 0 aliphatic carbocycles. The molecule has 126 valence electrons. The number of aliphatic hydroxyl groups excluding tert-OH is 1. The van der Waals surface area contributed by atoms with E-state index in [9.17, 15) is 9.90 Å². The monoisotopic (exact) mass is 348 g/mol. The lowest BCUT2D eigenvalue weighted by molar-refractivity contribution is 0.0439. The molecule has 4 rings (SSSR count). The van der Waals surface area contributed by atoms with Crippen molar-refractivity contribution in [2.24, 2.45) is 5.41 Å². The average Bonchev–Trinajstić information content (AvgIpc) is 3.16. The number of aliphatic hydroxyl groups is 1. The van der Waals surface area contributed by atoms with Crippen molar-refractivity contribution in [2.45, 2.75) is 5.92 Å². The Morgan fingerprint density at radius 3 is 3.04 bits per heavy atom. The molecule has 1 saturated heterocycles. The summed E-state index contributed by atoms with van der Waals surface area (Å²) in [6, 6.07) is 7.74. The van der Waals surface area contributed by atoms with Gasteiger partial charge in [0.2, 0.25) is 0 Å². The van der Waals surface area contributed by atoms with Crippen molar-refractivity contribution in [1.29, 1.82) is 0 Å². The molecule has 2 aliphatic rings. The molecule has 2 aliphatic heterocycles. The molecule has 0 spiro atoms. The van der Waals surface area contributed by atoms with E-state index < -0.39 is 5.41 Å². The second-order valence-corrected chi connectivity index (χ2v) is 6.76. The number of aromatic amines is 1. The predicted octanol–water partition coefficient (Wildman–Crippen LogP) is 1.26. The van der Waals surface area contributed by atoms with Gasteiger partial charge in [-0.3, -0.25) is 9.89 Å². The van der Waals surface area contributed by atoms with Gasteiger partial charge in [-0.05, 0) is 11.6 Å². The van der Waals surface area contributed by atoms with Gasteiger partial charge in [-0.15, -0.1) is 0 Å². The lowest BCUT2D eigenvalue weighted by atomic mass is 9.74. The van der Waals surface area contributed by atoms with E-state index in [0.717, 1.165) is 11.3 Å². The summed E-state index contributed by atoms with van der Waals surface area (Å²) >= 11 is 6.04. The highest BCUT2D eigenvalue weighted by Gasteiger charge is 2.52. The maximum absolute atomic E-state index is 12.8. The van der Waals surface area contributed by atoms with Crippen LogP contribution in [-0.2, 0) is 0 Å². The van der Waals surface area contributed by atoms with E-state index in [2.05, 4.69) is 10.2 Å². The van der Waals surface area contributed by atoms with E-state index >= 15 is 0 Å². The molecule has 2 aromatic rings. The van der Waals surface area contributed by atoms with Gasteiger partial charge in [0.1, 0.15) is 16.5 Å². The molecular weight excluding hydrogens is 332 g/mol. The summed E-state index contributed by atoms with van der Waals surface area (Å²) in [6.45, 7) is 1.17. The van der Waals surface area contributed by atoms with Crippen molar-refractivity contribution >= 4 is 23.3 Å². The van der Waals surface area contributed by atoms with Crippen molar-refractivity contribution in [3.63, 3.8) is 0 Å². The molecule has 1 aromatic carbocycles. The predicted molar refractivity (Wildman–Crippen MR) is 88.1 cm³/mol. The summed E-state index contributed by atoms with van der Waals surface area (Å²) in [5, 5.41) is 16.5. The molecule has 2 atom stereocenters. The summed E-state index contributed by atoms with van der Waals surface area (Å²) in [7, 11) is 0. The molecule has 0 saturated carbocycles. The smallest absolute Gasteiger partial charge is 0.273 e. The Labute approximate surface area is 143 Å². The Kier molecular flexibility index (Phi) is 3.43. The van der Waals surface area contributed by atoms with Crippen molar-refractivity contribution < 1.29 is 14.6 Å². The third-order valence-corrected chi connectivity index (χ3v) is 5.39. The maximum atomic E-state index is 12.8. The Bertz CT molecular complexity index is 808. The number of halogens is 1. The number of hydrogen-bond acceptors (Lipinski definition) is 5. The number of benzene rings is 1. The number of hydrogen-bond donors (Lipinski definition) is 3. The molecule has 0 radical (unpaired) electrons. The molecule has 1 fully saturated rings. The highest BCUT2D eigenvalue weighted by molar-refractivity contribution is 6.35. The number of nitrogens with two attached hydrogens (primary N) is 1. The van der Waals surface area contributed by atoms with Crippen LogP contribution in [0, 0.1) is 5.41 Å². The molecule has 0 unspecified atom stereocenters. The average molecular weight is 349 g/mol. The molecule has 1 aromatic heterocycles. The second kappa shape index (κ2) is 5.39. The van der Waals surface area contributed by atoms with Crippen molar-refractivity contribution in [3.05, 3.63) is 40.5 Å². The van der Waals surface area contributed by atoms with Crippen LogP contribution in [0.5, 0.6) is 5.75 Å². The summed E-state index contributed by atoms with van der Waals surface area (Å²) in [5.41, 5.74) is 6.29. The molecule has 1 amide bonds. The third kappa shape index (κ3) is 2.08. The minimum atomic E-state index is -0.512. The lowest BCUT2D eigenvalue weighted by Crippen LogP contribution is -2.42. The van der Waals surface area contributed by atoms with Gasteiger partial charge in [-0.2, -0.15) is 5.10 Å². The van der Waals surface area contributed by atoms with Gasteiger partial charge in [0, 0.05) is 19.0 Å². The van der Waals surface area contributed by atoms with Gasteiger partial charge in [-0.25, -0.2) is 0 Å². The van der Waals surface area contributed by atoms with Crippen LogP contribution < -0.4 is 10.5 Å². The minimum Gasteiger partial charge on any atom is -0.493 e. The number of anilines is 1. The van der Waals surface area contributed by atoms with Gasteiger partial charge in [0.05, 0.1) is 18.6 Å². The second-order valence-electron chi connectivity index (χ2n) is 6.38. The number of carbonyl (C=O) groups excluding carboxylic acids is 1. The Balaban J connectivity index is 1.68. The lowest BCUT2D eigenvalue weighted by Gasteiger charge is -2.37. The van der Waals surface area contributed by atoms with Gasteiger partial charge < -0.3 is 20.5 Å². The van der Waals surface area contributed by atoms with Crippen LogP contribution in [0.25, 0.3) is 0 Å². The number of ether oxygens (including phenoxy) is 1. The highest BCUT2D eigenvalue weighted by atomic mass is 35.5. The number of nitrogen functional groups attached to an aromatic ring is 1. The zero-order valence-electron chi connectivity index (χ0n) is 12.8. The maximum Gasteiger partial charge on any atom is 0.273 e. The Hall–Kier alpha value is -2.25. The normalized spacial score (nSPS) is 25.1. The first-order valence-corrected chi connectivity index (χ1v) is 8.05. The van der Waals surface area contributed by atoms with Crippen LogP contribution >= 0.6 is 11.6 Å². The topological polar surface area (TPSA) is 104 Å². The van der Waals surface area contributed by atoms with Gasteiger partial charge in [0.25, 0.3) is 5.91 Å².